The van der Waals surface area contributed by atoms with Gasteiger partial charge in [0.1, 0.15) is 0 Å². The zero-order valence-corrected chi connectivity index (χ0v) is 11.9. The number of thiocarbonyl (C=S) groups is 1. The fraction of sp³-hybridized carbons (Fsp3) is 0.273. The van der Waals surface area contributed by atoms with E-state index in [9.17, 15) is 4.79 Å². The fourth-order valence-corrected chi connectivity index (χ4v) is 1.64. The van der Waals surface area contributed by atoms with Gasteiger partial charge < -0.3 is 10.6 Å². The Hall–Kier alpha value is -0.690. The molecule has 1 aromatic rings. The summed E-state index contributed by atoms with van der Waals surface area (Å²) in [6.45, 7) is 0.556. The molecule has 0 unspecified atom stereocenters. The van der Waals surface area contributed by atoms with Crippen molar-refractivity contribution >= 4 is 45.7 Å². The van der Waals surface area contributed by atoms with Crippen molar-refractivity contribution in [2.24, 2.45) is 5.73 Å². The van der Waals surface area contributed by atoms with E-state index >= 15 is 0 Å². The molecule has 0 fully saturated rings. The van der Waals surface area contributed by atoms with E-state index in [-0.39, 0.29) is 5.91 Å². The number of hydrogen-bond acceptors (Lipinski definition) is 2. The van der Waals surface area contributed by atoms with Crippen LogP contribution in [0.25, 0.3) is 0 Å². The molecule has 0 atom stereocenters. The van der Waals surface area contributed by atoms with Crippen LogP contribution in [0, 0.1) is 3.57 Å². The van der Waals surface area contributed by atoms with Gasteiger partial charge in [0.2, 0.25) is 0 Å². The lowest BCUT2D eigenvalue weighted by atomic mass is 10.2. The third-order valence-electron chi connectivity index (χ3n) is 2.13. The molecule has 1 amide bonds. The molecule has 16 heavy (non-hydrogen) atoms. The number of carbonyl (C=O) groups is 1. The molecule has 1 rings (SSSR count). The highest BCUT2D eigenvalue weighted by Gasteiger charge is 2.10. The SMILES string of the molecule is CN(CCC(N)=S)C(=O)c1ccc(I)cc1. The first-order chi connectivity index (χ1) is 7.50. The van der Waals surface area contributed by atoms with Gasteiger partial charge in [-0.15, -0.1) is 0 Å². The number of amides is 1. The highest BCUT2D eigenvalue weighted by atomic mass is 127. The summed E-state index contributed by atoms with van der Waals surface area (Å²) in [7, 11) is 1.75. The van der Waals surface area contributed by atoms with Crippen LogP contribution < -0.4 is 5.73 Å². The van der Waals surface area contributed by atoms with Gasteiger partial charge in [-0.3, -0.25) is 4.79 Å². The van der Waals surface area contributed by atoms with Crippen molar-refractivity contribution in [3.63, 3.8) is 0 Å². The summed E-state index contributed by atoms with van der Waals surface area (Å²) in [5.41, 5.74) is 6.08. The van der Waals surface area contributed by atoms with Gasteiger partial charge in [-0.1, -0.05) is 12.2 Å². The van der Waals surface area contributed by atoms with Crippen molar-refractivity contribution in [1.29, 1.82) is 0 Å². The van der Waals surface area contributed by atoms with Gasteiger partial charge in [0, 0.05) is 29.1 Å². The molecule has 0 saturated heterocycles. The summed E-state index contributed by atoms with van der Waals surface area (Å²) in [6.07, 6.45) is 0.557. The summed E-state index contributed by atoms with van der Waals surface area (Å²) in [4.78, 5) is 14.0. The molecule has 0 radical (unpaired) electrons. The number of benzene rings is 1. The number of rotatable bonds is 4. The Morgan fingerprint density at radius 1 is 1.44 bits per heavy atom. The quantitative estimate of drug-likeness (QED) is 0.669. The molecule has 1 aromatic carbocycles. The maximum atomic E-state index is 11.9. The molecule has 0 aliphatic rings. The average molecular weight is 348 g/mol. The van der Waals surface area contributed by atoms with Gasteiger partial charge >= 0.3 is 0 Å². The maximum absolute atomic E-state index is 11.9. The minimum Gasteiger partial charge on any atom is -0.393 e. The summed E-state index contributed by atoms with van der Waals surface area (Å²) >= 11 is 6.98. The van der Waals surface area contributed by atoms with Gasteiger partial charge in [0.05, 0.1) is 4.99 Å². The molecule has 5 heteroatoms. The van der Waals surface area contributed by atoms with Crippen molar-refractivity contribution < 1.29 is 4.79 Å². The molecule has 0 aromatic heterocycles. The molecular formula is C11H13IN2OS. The Morgan fingerprint density at radius 3 is 2.50 bits per heavy atom. The zero-order valence-electron chi connectivity index (χ0n) is 8.94. The van der Waals surface area contributed by atoms with Crippen LogP contribution in [0.4, 0.5) is 0 Å². The monoisotopic (exact) mass is 348 g/mol. The highest BCUT2D eigenvalue weighted by Crippen LogP contribution is 2.08. The Bertz CT molecular complexity index is 391. The van der Waals surface area contributed by atoms with Crippen molar-refractivity contribution in [3.05, 3.63) is 33.4 Å². The summed E-state index contributed by atoms with van der Waals surface area (Å²) in [5.74, 6) is -0.00681. The van der Waals surface area contributed by atoms with E-state index < -0.39 is 0 Å². The van der Waals surface area contributed by atoms with E-state index in [4.69, 9.17) is 18.0 Å². The first kappa shape index (κ1) is 13.4. The number of hydrogen-bond donors (Lipinski definition) is 1. The van der Waals surface area contributed by atoms with Crippen LogP contribution in [-0.4, -0.2) is 29.4 Å². The normalized spacial score (nSPS) is 9.88. The van der Waals surface area contributed by atoms with Crippen LogP contribution >= 0.6 is 34.8 Å². The second-order valence-corrected chi connectivity index (χ2v) is 5.22. The first-order valence-corrected chi connectivity index (χ1v) is 6.28. The van der Waals surface area contributed by atoms with Crippen LogP contribution in [-0.2, 0) is 0 Å². The molecule has 0 heterocycles. The lowest BCUT2D eigenvalue weighted by Crippen LogP contribution is -2.30. The molecule has 0 saturated carbocycles. The van der Waals surface area contributed by atoms with E-state index in [0.29, 0.717) is 23.5 Å². The Labute approximate surface area is 114 Å². The lowest BCUT2D eigenvalue weighted by Gasteiger charge is -2.16. The Morgan fingerprint density at radius 2 is 2.00 bits per heavy atom. The van der Waals surface area contributed by atoms with Crippen LogP contribution in [0.15, 0.2) is 24.3 Å². The highest BCUT2D eigenvalue weighted by molar-refractivity contribution is 14.1. The second-order valence-electron chi connectivity index (χ2n) is 3.45. The van der Waals surface area contributed by atoms with E-state index in [0.717, 1.165) is 3.57 Å². The zero-order chi connectivity index (χ0) is 12.1. The second kappa shape index (κ2) is 6.15. The number of halogens is 1. The molecule has 0 aliphatic carbocycles. The van der Waals surface area contributed by atoms with Crippen LogP contribution in [0.2, 0.25) is 0 Å². The van der Waals surface area contributed by atoms with Crippen LogP contribution in [0.3, 0.4) is 0 Å². The van der Waals surface area contributed by atoms with Gasteiger partial charge in [-0.05, 0) is 46.9 Å². The predicted octanol–water partition coefficient (Wildman–Crippen LogP) is 2.04. The van der Waals surface area contributed by atoms with Gasteiger partial charge in [-0.25, -0.2) is 0 Å². The minimum absolute atomic E-state index is 0.00681. The van der Waals surface area contributed by atoms with E-state index in [1.807, 2.05) is 24.3 Å². The van der Waals surface area contributed by atoms with Crippen LogP contribution in [0.5, 0.6) is 0 Å². The van der Waals surface area contributed by atoms with Crippen LogP contribution in [0.1, 0.15) is 16.8 Å². The number of carbonyl (C=O) groups excluding carboxylic acids is 1. The smallest absolute Gasteiger partial charge is 0.253 e. The van der Waals surface area contributed by atoms with E-state index in [1.54, 1.807) is 11.9 Å². The Kier molecular flexibility index (Phi) is 5.14. The number of nitrogens with zero attached hydrogens (tertiary/aromatic N) is 1. The fourth-order valence-electron chi connectivity index (χ4n) is 1.19. The minimum atomic E-state index is -0.00681. The standard InChI is InChI=1S/C11H13IN2OS/c1-14(7-6-10(13)16)11(15)8-2-4-9(12)5-3-8/h2-5H,6-7H2,1H3,(H2,13,16). The maximum Gasteiger partial charge on any atom is 0.253 e. The third kappa shape index (κ3) is 4.05. The third-order valence-corrected chi connectivity index (χ3v) is 3.05. The van der Waals surface area contributed by atoms with Gasteiger partial charge in [-0.2, -0.15) is 0 Å². The van der Waals surface area contributed by atoms with Crippen molar-refractivity contribution in [3.8, 4) is 0 Å². The van der Waals surface area contributed by atoms with Gasteiger partial charge in [0.25, 0.3) is 5.91 Å². The van der Waals surface area contributed by atoms with Crippen molar-refractivity contribution in [1.82, 2.24) is 4.90 Å². The molecule has 0 bridgehead atoms. The summed E-state index contributed by atoms with van der Waals surface area (Å²) in [6, 6.07) is 7.47. The molecule has 86 valence electrons. The lowest BCUT2D eigenvalue weighted by molar-refractivity contribution is 0.0799. The van der Waals surface area contributed by atoms with E-state index in [1.165, 1.54) is 0 Å². The van der Waals surface area contributed by atoms with Crippen molar-refractivity contribution in [2.75, 3.05) is 13.6 Å². The molecule has 2 N–H and O–H groups in total. The first-order valence-electron chi connectivity index (χ1n) is 4.80. The molecular weight excluding hydrogens is 335 g/mol. The predicted molar refractivity (Wildman–Crippen MR) is 77.5 cm³/mol. The molecule has 0 aliphatic heterocycles. The molecule has 0 spiro atoms. The summed E-state index contributed by atoms with van der Waals surface area (Å²) < 4.78 is 1.11. The van der Waals surface area contributed by atoms with Gasteiger partial charge in [0.15, 0.2) is 0 Å². The number of nitrogens with two attached hydrogens (primary N) is 1. The van der Waals surface area contributed by atoms with E-state index in [2.05, 4.69) is 22.6 Å². The molecule has 3 nitrogen and oxygen atoms in total. The topological polar surface area (TPSA) is 46.3 Å². The summed E-state index contributed by atoms with van der Waals surface area (Å²) in [5, 5.41) is 0. The largest absolute Gasteiger partial charge is 0.393 e. The van der Waals surface area contributed by atoms with Crippen molar-refractivity contribution in [2.45, 2.75) is 6.42 Å². The Balaban J connectivity index is 2.63. The average Bonchev–Trinajstić information content (AvgIpc) is 2.26.